The summed E-state index contributed by atoms with van der Waals surface area (Å²) in [5.41, 5.74) is 0.916. The number of halogens is 1. The third-order valence-electron chi connectivity index (χ3n) is 1.48. The van der Waals surface area contributed by atoms with Crippen LogP contribution < -0.4 is 5.32 Å². The number of rotatable bonds is 2. The van der Waals surface area contributed by atoms with E-state index in [0.29, 0.717) is 11.0 Å². The fraction of sp³-hybridized carbons (Fsp3) is 0.250. The van der Waals surface area contributed by atoms with Crippen LogP contribution in [0.1, 0.15) is 5.56 Å². The lowest BCUT2D eigenvalue weighted by molar-refractivity contribution is 0.400. The Morgan fingerprint density at radius 2 is 2.08 bits per heavy atom. The van der Waals surface area contributed by atoms with Gasteiger partial charge in [-0.15, -0.1) is 0 Å². The quantitative estimate of drug-likeness (QED) is 0.678. The number of phenolic OH excluding ortho intramolecular Hbond substituents is 2. The van der Waals surface area contributed by atoms with E-state index in [-0.39, 0.29) is 11.5 Å². The highest BCUT2D eigenvalue weighted by Gasteiger charge is 2.05. The Hall–Kier alpha value is -0.740. The maximum absolute atomic E-state index is 9.20. The molecule has 1 aromatic carbocycles. The molecule has 1 rings (SSSR count). The van der Waals surface area contributed by atoms with Crippen molar-refractivity contribution < 1.29 is 10.2 Å². The van der Waals surface area contributed by atoms with Gasteiger partial charge in [0.1, 0.15) is 0 Å². The van der Waals surface area contributed by atoms with Crippen LogP contribution in [0.25, 0.3) is 0 Å². The molecular weight excluding hydrogens is 222 g/mol. The fourth-order valence-electron chi connectivity index (χ4n) is 0.945. The Kier molecular flexibility index (Phi) is 2.94. The topological polar surface area (TPSA) is 52.5 Å². The summed E-state index contributed by atoms with van der Waals surface area (Å²) in [6, 6.07) is 3.28. The molecular formula is C8H10BrNO2. The van der Waals surface area contributed by atoms with E-state index in [2.05, 4.69) is 21.2 Å². The number of nitrogens with one attached hydrogen (secondary N) is 1. The molecule has 0 bridgehead atoms. The second-order valence-electron chi connectivity index (χ2n) is 2.48. The zero-order valence-corrected chi connectivity index (χ0v) is 8.22. The third-order valence-corrected chi connectivity index (χ3v) is 2.09. The Bertz CT molecular complexity index is 265. The van der Waals surface area contributed by atoms with Crippen molar-refractivity contribution in [2.45, 2.75) is 6.54 Å². The zero-order chi connectivity index (χ0) is 9.14. The molecule has 0 aliphatic rings. The molecule has 66 valence electrons. The van der Waals surface area contributed by atoms with Crippen LogP contribution in [0.2, 0.25) is 0 Å². The van der Waals surface area contributed by atoms with Gasteiger partial charge in [0.15, 0.2) is 11.5 Å². The van der Waals surface area contributed by atoms with Crippen LogP contribution in [-0.2, 0) is 6.54 Å². The highest BCUT2D eigenvalue weighted by Crippen LogP contribution is 2.34. The first-order valence-electron chi connectivity index (χ1n) is 3.50. The van der Waals surface area contributed by atoms with Gasteiger partial charge in [0, 0.05) is 6.54 Å². The van der Waals surface area contributed by atoms with E-state index in [9.17, 15) is 10.2 Å². The smallest absolute Gasteiger partial charge is 0.171 e. The molecule has 0 aromatic heterocycles. The second-order valence-corrected chi connectivity index (χ2v) is 3.33. The van der Waals surface area contributed by atoms with Gasteiger partial charge in [-0.3, -0.25) is 0 Å². The number of hydrogen-bond donors (Lipinski definition) is 3. The molecule has 3 N–H and O–H groups in total. The first-order chi connectivity index (χ1) is 5.65. The van der Waals surface area contributed by atoms with Crippen molar-refractivity contribution in [1.82, 2.24) is 5.32 Å². The van der Waals surface area contributed by atoms with Gasteiger partial charge in [-0.2, -0.15) is 0 Å². The highest BCUT2D eigenvalue weighted by atomic mass is 79.9. The Morgan fingerprint density at radius 1 is 1.42 bits per heavy atom. The minimum atomic E-state index is -0.116. The normalized spacial score (nSPS) is 10.2. The Balaban J connectivity index is 3.04. The average Bonchev–Trinajstić information content (AvgIpc) is 2.01. The van der Waals surface area contributed by atoms with Crippen molar-refractivity contribution in [1.29, 1.82) is 0 Å². The lowest BCUT2D eigenvalue weighted by atomic mass is 10.2. The third kappa shape index (κ3) is 1.89. The van der Waals surface area contributed by atoms with Gasteiger partial charge in [-0.05, 0) is 40.7 Å². The minimum Gasteiger partial charge on any atom is -0.504 e. The van der Waals surface area contributed by atoms with E-state index < -0.39 is 0 Å². The van der Waals surface area contributed by atoms with Crippen LogP contribution in [0.5, 0.6) is 11.5 Å². The van der Waals surface area contributed by atoms with E-state index in [4.69, 9.17) is 0 Å². The summed E-state index contributed by atoms with van der Waals surface area (Å²) in [4.78, 5) is 0. The first-order valence-corrected chi connectivity index (χ1v) is 4.29. The van der Waals surface area contributed by atoms with Crippen molar-refractivity contribution in [3.63, 3.8) is 0 Å². The highest BCUT2D eigenvalue weighted by molar-refractivity contribution is 9.10. The summed E-state index contributed by atoms with van der Waals surface area (Å²) in [6.45, 7) is 0.659. The number of phenols is 2. The monoisotopic (exact) mass is 231 g/mol. The maximum atomic E-state index is 9.20. The molecule has 0 saturated heterocycles. The number of benzene rings is 1. The summed E-state index contributed by atoms with van der Waals surface area (Å²) in [5.74, 6) is -0.218. The summed E-state index contributed by atoms with van der Waals surface area (Å²) >= 11 is 3.13. The molecule has 0 fully saturated rings. The number of aromatic hydroxyl groups is 2. The van der Waals surface area contributed by atoms with Gasteiger partial charge in [-0.1, -0.05) is 0 Å². The van der Waals surface area contributed by atoms with Gasteiger partial charge in [-0.25, -0.2) is 0 Å². The molecule has 1 aromatic rings. The SMILES string of the molecule is CNCc1cc(O)c(O)c(Br)c1. The maximum Gasteiger partial charge on any atom is 0.171 e. The van der Waals surface area contributed by atoms with Gasteiger partial charge in [0.2, 0.25) is 0 Å². The van der Waals surface area contributed by atoms with Gasteiger partial charge >= 0.3 is 0 Å². The lowest BCUT2D eigenvalue weighted by Gasteiger charge is -2.04. The second kappa shape index (κ2) is 3.78. The Labute approximate surface area is 79.2 Å². The molecule has 0 unspecified atom stereocenters. The molecule has 0 atom stereocenters. The molecule has 0 heterocycles. The predicted octanol–water partition coefficient (Wildman–Crippen LogP) is 1.58. The minimum absolute atomic E-state index is 0.102. The van der Waals surface area contributed by atoms with Crippen molar-refractivity contribution in [2.24, 2.45) is 0 Å². The Morgan fingerprint density at radius 3 is 2.58 bits per heavy atom. The number of hydrogen-bond acceptors (Lipinski definition) is 3. The molecule has 0 amide bonds. The standard InChI is InChI=1S/C8H10BrNO2/c1-10-4-5-2-6(9)8(12)7(11)3-5/h2-3,10-12H,4H2,1H3. The molecule has 0 spiro atoms. The molecule has 0 aliphatic heterocycles. The largest absolute Gasteiger partial charge is 0.504 e. The van der Waals surface area contributed by atoms with Crippen molar-refractivity contribution in [3.8, 4) is 11.5 Å². The average molecular weight is 232 g/mol. The zero-order valence-electron chi connectivity index (χ0n) is 6.63. The van der Waals surface area contributed by atoms with Gasteiger partial charge < -0.3 is 15.5 Å². The van der Waals surface area contributed by atoms with Crippen LogP contribution in [0.3, 0.4) is 0 Å². The van der Waals surface area contributed by atoms with Gasteiger partial charge in [0.05, 0.1) is 4.47 Å². The van der Waals surface area contributed by atoms with Crippen molar-refractivity contribution in [3.05, 3.63) is 22.2 Å². The predicted molar refractivity (Wildman–Crippen MR) is 50.2 cm³/mol. The van der Waals surface area contributed by atoms with E-state index in [1.807, 2.05) is 7.05 Å². The van der Waals surface area contributed by atoms with Crippen LogP contribution >= 0.6 is 15.9 Å². The molecule has 0 saturated carbocycles. The van der Waals surface area contributed by atoms with E-state index in [0.717, 1.165) is 5.56 Å². The van der Waals surface area contributed by atoms with Crippen molar-refractivity contribution in [2.75, 3.05) is 7.05 Å². The lowest BCUT2D eigenvalue weighted by Crippen LogP contribution is -2.04. The molecule has 3 nitrogen and oxygen atoms in total. The molecule has 0 aliphatic carbocycles. The summed E-state index contributed by atoms with van der Waals surface area (Å²) in [6.07, 6.45) is 0. The van der Waals surface area contributed by atoms with Crippen molar-refractivity contribution >= 4 is 15.9 Å². The van der Waals surface area contributed by atoms with E-state index >= 15 is 0 Å². The van der Waals surface area contributed by atoms with E-state index in [1.54, 1.807) is 6.07 Å². The summed E-state index contributed by atoms with van der Waals surface area (Å²) in [5, 5.41) is 21.3. The molecule has 12 heavy (non-hydrogen) atoms. The van der Waals surface area contributed by atoms with Gasteiger partial charge in [0.25, 0.3) is 0 Å². The molecule has 0 radical (unpaired) electrons. The summed E-state index contributed by atoms with van der Waals surface area (Å²) < 4.78 is 0.507. The summed E-state index contributed by atoms with van der Waals surface area (Å²) in [7, 11) is 1.82. The first kappa shape index (κ1) is 9.35. The fourth-order valence-corrected chi connectivity index (χ4v) is 1.44. The van der Waals surface area contributed by atoms with Crippen LogP contribution in [0.15, 0.2) is 16.6 Å². The van der Waals surface area contributed by atoms with Crippen LogP contribution in [0, 0.1) is 0 Å². The molecule has 4 heteroatoms. The van der Waals surface area contributed by atoms with Crippen LogP contribution in [0.4, 0.5) is 0 Å². The van der Waals surface area contributed by atoms with Crippen LogP contribution in [-0.4, -0.2) is 17.3 Å². The van der Waals surface area contributed by atoms with E-state index in [1.165, 1.54) is 6.07 Å².